The molecule has 0 aliphatic rings. The summed E-state index contributed by atoms with van der Waals surface area (Å²) in [6.07, 6.45) is 0. The average molecular weight is 296 g/mol. The Hall–Kier alpha value is -2.28. The lowest BCUT2D eigenvalue weighted by Gasteiger charge is -2.00. The predicted molar refractivity (Wildman–Crippen MR) is 72.5 cm³/mol. The summed E-state index contributed by atoms with van der Waals surface area (Å²) in [5.74, 6) is -3.15. The highest BCUT2D eigenvalue weighted by Crippen LogP contribution is 2.36. The zero-order valence-corrected chi connectivity index (χ0v) is 11.2. The number of rotatable bonds is 3. The van der Waals surface area contributed by atoms with Crippen molar-refractivity contribution in [3.63, 3.8) is 0 Å². The molecule has 0 atom stereocenters. The van der Waals surface area contributed by atoms with Crippen LogP contribution in [0.5, 0.6) is 0 Å². The summed E-state index contributed by atoms with van der Waals surface area (Å²) in [6.45, 7) is 1.27. The Balaban J connectivity index is 2.55. The second-order valence-electron chi connectivity index (χ2n) is 4.00. The van der Waals surface area contributed by atoms with Crippen LogP contribution >= 0.6 is 11.3 Å². The third-order valence-corrected chi connectivity index (χ3v) is 3.59. The van der Waals surface area contributed by atoms with Crippen LogP contribution in [0, 0.1) is 11.6 Å². The maximum Gasteiger partial charge on any atom is 0.251 e. The van der Waals surface area contributed by atoms with Gasteiger partial charge in [0.1, 0.15) is 5.00 Å². The average Bonchev–Trinajstić information content (AvgIpc) is 2.75. The van der Waals surface area contributed by atoms with Gasteiger partial charge in [0.2, 0.25) is 5.91 Å². The maximum atomic E-state index is 13.7. The smallest absolute Gasteiger partial charge is 0.251 e. The summed E-state index contributed by atoms with van der Waals surface area (Å²) in [6, 6.07) is 5.06. The number of nitrogens with one attached hydrogen (secondary N) is 1. The van der Waals surface area contributed by atoms with Gasteiger partial charge in [0.15, 0.2) is 11.6 Å². The van der Waals surface area contributed by atoms with Gasteiger partial charge in [-0.15, -0.1) is 11.3 Å². The predicted octanol–water partition coefficient (Wildman–Crippen LogP) is 2.75. The van der Waals surface area contributed by atoms with Crippen LogP contribution in [0.4, 0.5) is 13.8 Å². The second-order valence-corrected chi connectivity index (χ2v) is 5.05. The molecule has 0 spiro atoms. The van der Waals surface area contributed by atoms with Crippen LogP contribution in [0.15, 0.2) is 24.3 Å². The van der Waals surface area contributed by atoms with Gasteiger partial charge in [0, 0.05) is 17.4 Å². The van der Waals surface area contributed by atoms with E-state index < -0.39 is 17.5 Å². The lowest BCUT2D eigenvalue weighted by Crippen LogP contribution is -2.14. The van der Waals surface area contributed by atoms with Gasteiger partial charge in [-0.1, -0.05) is 12.1 Å². The molecule has 0 aliphatic carbocycles. The number of carbonyl (C=O) groups excluding carboxylic acids is 2. The number of primary amides is 1. The lowest BCUT2D eigenvalue weighted by molar-refractivity contribution is -0.114. The number of benzene rings is 1. The number of anilines is 1. The van der Waals surface area contributed by atoms with Crippen molar-refractivity contribution < 1.29 is 18.4 Å². The van der Waals surface area contributed by atoms with E-state index in [-0.39, 0.29) is 22.0 Å². The summed E-state index contributed by atoms with van der Waals surface area (Å²) in [5.41, 5.74) is 5.27. The Morgan fingerprint density at radius 2 is 2.00 bits per heavy atom. The lowest BCUT2D eigenvalue weighted by atomic mass is 10.1. The monoisotopic (exact) mass is 296 g/mol. The molecule has 0 saturated heterocycles. The summed E-state index contributed by atoms with van der Waals surface area (Å²) < 4.78 is 26.9. The zero-order valence-electron chi connectivity index (χ0n) is 10.4. The van der Waals surface area contributed by atoms with Crippen molar-refractivity contribution in [1.29, 1.82) is 0 Å². The quantitative estimate of drug-likeness (QED) is 0.914. The Morgan fingerprint density at radius 3 is 2.60 bits per heavy atom. The first-order chi connectivity index (χ1) is 9.40. The molecule has 2 aromatic rings. The number of nitrogens with two attached hydrogens (primary N) is 1. The molecule has 0 bridgehead atoms. The molecule has 0 fully saturated rings. The van der Waals surface area contributed by atoms with Gasteiger partial charge in [-0.05, 0) is 12.1 Å². The van der Waals surface area contributed by atoms with Crippen molar-refractivity contribution in [1.82, 2.24) is 0 Å². The highest BCUT2D eigenvalue weighted by Gasteiger charge is 2.18. The van der Waals surface area contributed by atoms with E-state index in [9.17, 15) is 18.4 Å². The number of thiophene rings is 1. The summed E-state index contributed by atoms with van der Waals surface area (Å²) in [4.78, 5) is 22.7. The Bertz CT molecular complexity index is 698. The number of amides is 2. The third-order valence-electron chi connectivity index (χ3n) is 2.50. The van der Waals surface area contributed by atoms with E-state index >= 15 is 0 Å². The molecule has 1 aromatic heterocycles. The molecule has 0 saturated carbocycles. The molecule has 20 heavy (non-hydrogen) atoms. The highest BCUT2D eigenvalue weighted by atomic mass is 32.1. The molecule has 2 rings (SSSR count). The van der Waals surface area contributed by atoms with E-state index in [4.69, 9.17) is 5.73 Å². The second kappa shape index (κ2) is 5.38. The maximum absolute atomic E-state index is 13.7. The van der Waals surface area contributed by atoms with Gasteiger partial charge < -0.3 is 11.1 Å². The molecule has 2 amide bonds. The minimum atomic E-state index is -1.01. The van der Waals surface area contributed by atoms with Crippen LogP contribution in [-0.2, 0) is 4.79 Å². The number of halogens is 2. The van der Waals surface area contributed by atoms with Crippen molar-refractivity contribution in [2.75, 3.05) is 5.32 Å². The molecule has 4 nitrogen and oxygen atoms in total. The normalized spacial score (nSPS) is 10.3. The van der Waals surface area contributed by atoms with Gasteiger partial charge in [-0.3, -0.25) is 9.59 Å². The van der Waals surface area contributed by atoms with Gasteiger partial charge >= 0.3 is 0 Å². The summed E-state index contributed by atoms with van der Waals surface area (Å²) >= 11 is 0.953. The number of hydrogen-bond donors (Lipinski definition) is 2. The molecule has 104 valence electrons. The number of hydrogen-bond acceptors (Lipinski definition) is 3. The molecular weight excluding hydrogens is 286 g/mol. The fourth-order valence-corrected chi connectivity index (χ4v) is 2.78. The highest BCUT2D eigenvalue weighted by molar-refractivity contribution is 7.20. The van der Waals surface area contributed by atoms with Gasteiger partial charge in [0.25, 0.3) is 5.91 Å². The third kappa shape index (κ3) is 2.67. The van der Waals surface area contributed by atoms with Crippen LogP contribution in [0.25, 0.3) is 10.4 Å². The van der Waals surface area contributed by atoms with Gasteiger partial charge in [-0.2, -0.15) is 0 Å². The number of carbonyl (C=O) groups is 2. The topological polar surface area (TPSA) is 72.2 Å². The van der Waals surface area contributed by atoms with Crippen molar-refractivity contribution in [2.45, 2.75) is 6.92 Å². The minimum Gasteiger partial charge on any atom is -0.366 e. The molecule has 0 unspecified atom stereocenters. The standard InChI is InChI=1S/C13H10F2N2O2S/c1-6(18)17-13-8(12(16)19)5-10(20-13)7-3-2-4-9(14)11(7)15/h2-5H,1H3,(H2,16,19)(H,17,18). The Labute approximate surface area is 117 Å². The van der Waals surface area contributed by atoms with Gasteiger partial charge in [0.05, 0.1) is 5.56 Å². The van der Waals surface area contributed by atoms with Crippen LogP contribution in [0.1, 0.15) is 17.3 Å². The molecule has 3 N–H and O–H groups in total. The first-order valence-electron chi connectivity index (χ1n) is 5.55. The van der Waals surface area contributed by atoms with E-state index in [0.717, 1.165) is 17.4 Å². The van der Waals surface area contributed by atoms with Crippen LogP contribution in [0.2, 0.25) is 0 Å². The molecular formula is C13H10F2N2O2S. The van der Waals surface area contributed by atoms with Crippen molar-refractivity contribution in [3.8, 4) is 10.4 Å². The zero-order chi connectivity index (χ0) is 14.9. The van der Waals surface area contributed by atoms with Crippen molar-refractivity contribution in [2.24, 2.45) is 5.73 Å². The van der Waals surface area contributed by atoms with E-state index in [1.54, 1.807) is 0 Å². The first kappa shape index (κ1) is 14.1. The molecule has 7 heteroatoms. The van der Waals surface area contributed by atoms with Crippen molar-refractivity contribution in [3.05, 3.63) is 41.5 Å². The SMILES string of the molecule is CC(=O)Nc1sc(-c2cccc(F)c2F)cc1C(N)=O. The van der Waals surface area contributed by atoms with Crippen LogP contribution < -0.4 is 11.1 Å². The molecule has 0 aliphatic heterocycles. The Kier molecular flexibility index (Phi) is 3.80. The minimum absolute atomic E-state index is 0.00843. The Morgan fingerprint density at radius 1 is 1.30 bits per heavy atom. The molecule has 1 aromatic carbocycles. The fourth-order valence-electron chi connectivity index (χ4n) is 1.65. The van der Waals surface area contributed by atoms with Crippen molar-refractivity contribution >= 4 is 28.2 Å². The molecule has 0 radical (unpaired) electrons. The van der Waals surface area contributed by atoms with Crippen LogP contribution in [-0.4, -0.2) is 11.8 Å². The first-order valence-corrected chi connectivity index (χ1v) is 6.37. The van der Waals surface area contributed by atoms with Gasteiger partial charge in [-0.25, -0.2) is 8.78 Å². The van der Waals surface area contributed by atoms with E-state index in [2.05, 4.69) is 5.32 Å². The fraction of sp³-hybridized carbons (Fsp3) is 0.0769. The van der Waals surface area contributed by atoms with Crippen LogP contribution in [0.3, 0.4) is 0 Å². The summed E-state index contributed by atoms with van der Waals surface area (Å²) in [7, 11) is 0. The summed E-state index contributed by atoms with van der Waals surface area (Å²) in [5, 5.41) is 2.65. The van der Waals surface area contributed by atoms with E-state index in [1.807, 2.05) is 0 Å². The molecule has 1 heterocycles. The van der Waals surface area contributed by atoms with E-state index in [1.165, 1.54) is 25.1 Å². The van der Waals surface area contributed by atoms with E-state index in [0.29, 0.717) is 4.88 Å². The largest absolute Gasteiger partial charge is 0.366 e.